The van der Waals surface area contributed by atoms with Gasteiger partial charge in [0.1, 0.15) is 5.58 Å². The molecule has 1 N–H and O–H groups in total. The van der Waals surface area contributed by atoms with Crippen LogP contribution in [0.25, 0.3) is 10.6 Å². The second-order valence-corrected chi connectivity index (χ2v) is 27.1. The number of amidine groups is 1. The fourth-order valence-electron chi connectivity index (χ4n) is 7.83. The van der Waals surface area contributed by atoms with Gasteiger partial charge >= 0.3 is 26.2 Å². The minimum absolute atomic E-state index is 0. The van der Waals surface area contributed by atoms with E-state index in [1.54, 1.807) is 0 Å². The normalized spacial score (nSPS) is 10.4. The maximum absolute atomic E-state index is 5.01. The first-order valence-corrected chi connectivity index (χ1v) is 34.1. The topological polar surface area (TPSA) is 52.6 Å². The largest absolute Gasteiger partial charge is 4.00 e. The molecular weight excluding hydrogens is 1350 g/mol. The summed E-state index contributed by atoms with van der Waals surface area (Å²) >= 11 is 0. The van der Waals surface area contributed by atoms with Crippen molar-refractivity contribution in [2.45, 2.75) is 72.4 Å². The first kappa shape index (κ1) is 85.5. The Morgan fingerprint density at radius 3 is 0.705 bits per heavy atom. The van der Waals surface area contributed by atoms with Crippen LogP contribution in [0.15, 0.2) is 339 Å². The molecule has 0 aliphatic heterocycles. The van der Waals surface area contributed by atoms with E-state index >= 15 is 0 Å². The van der Waals surface area contributed by atoms with Crippen LogP contribution in [0.2, 0.25) is 0 Å². The van der Waals surface area contributed by atoms with Crippen molar-refractivity contribution in [2.24, 2.45) is 4.99 Å². The van der Waals surface area contributed by atoms with Crippen molar-refractivity contribution in [1.82, 2.24) is 5.32 Å². The minimum Gasteiger partial charge on any atom is -0.674 e. The van der Waals surface area contributed by atoms with Crippen molar-refractivity contribution < 1.29 is 52.4 Å². The van der Waals surface area contributed by atoms with Gasteiger partial charge in [-0.1, -0.05) is 199 Å². The van der Waals surface area contributed by atoms with Gasteiger partial charge in [0.15, 0.2) is 0 Å². The van der Waals surface area contributed by atoms with E-state index in [4.69, 9.17) is 15.6 Å². The minimum atomic E-state index is -0.646. The molecule has 95 heavy (non-hydrogen) atoms. The zero-order chi connectivity index (χ0) is 67.8. The van der Waals surface area contributed by atoms with Crippen molar-refractivity contribution in [3.63, 3.8) is 0 Å². The van der Waals surface area contributed by atoms with E-state index in [9.17, 15) is 0 Å². The number of aliphatic imine (C=N–C) groups is 1. The van der Waals surface area contributed by atoms with Gasteiger partial charge in [-0.15, -0.1) is 90.5 Å². The Morgan fingerprint density at radius 1 is 0.347 bits per heavy atom. The molecule has 1 atom stereocenters. The summed E-state index contributed by atoms with van der Waals surface area (Å²) in [6, 6.07) is 112. The number of benzene rings is 11. The fourth-order valence-corrected chi connectivity index (χ4v) is 12.9. The van der Waals surface area contributed by atoms with Gasteiger partial charge in [0.2, 0.25) is 0 Å². The van der Waals surface area contributed by atoms with Crippen LogP contribution in [0.4, 0.5) is 0 Å². The number of rotatable bonds is 10. The quantitative estimate of drug-likeness (QED) is 0.0631. The van der Waals surface area contributed by atoms with E-state index in [1.165, 1.54) is 21.2 Å². The van der Waals surface area contributed by atoms with Crippen molar-refractivity contribution in [1.29, 1.82) is 0 Å². The molecule has 0 amide bonds. The van der Waals surface area contributed by atoms with E-state index in [1.807, 2.05) is 212 Å². The molecule has 0 aliphatic carbocycles. The maximum Gasteiger partial charge on any atom is 4.00 e. The Hall–Kier alpha value is -7.47. The van der Waals surface area contributed by atoms with Crippen molar-refractivity contribution in [2.75, 3.05) is 13.1 Å². The van der Waals surface area contributed by atoms with E-state index in [0.717, 1.165) is 57.6 Å². The average molecular weight is 1450 g/mol. The number of nitrogens with zero attached hydrogens (tertiary/aromatic N) is 3. The molecule has 0 fully saturated rings. The summed E-state index contributed by atoms with van der Waals surface area (Å²) in [5, 5.41) is 18.8. The molecule has 490 valence electrons. The van der Waals surface area contributed by atoms with E-state index in [2.05, 4.69) is 231 Å². The van der Waals surface area contributed by atoms with Gasteiger partial charge in [-0.25, -0.2) is 5.91 Å². The predicted octanol–water partition coefficient (Wildman–Crippen LogP) is 21.9. The fraction of sp³-hybridized carbons (Fsp3) is 0.149. The Labute approximate surface area is 617 Å². The number of nitrogens with one attached hydrogen (secondary N) is 1. The van der Waals surface area contributed by atoms with E-state index in [-0.39, 0.29) is 69.4 Å². The second-order valence-electron chi connectivity index (χ2n) is 22.8. The molecule has 0 heterocycles. The van der Waals surface area contributed by atoms with Crippen molar-refractivity contribution in [3.8, 4) is 0 Å². The molecule has 0 aliphatic rings. The smallest absolute Gasteiger partial charge is 0.674 e. The van der Waals surface area contributed by atoms with Gasteiger partial charge in [0.05, 0.1) is 0 Å². The van der Waals surface area contributed by atoms with Gasteiger partial charge in [-0.3, -0.25) is 4.99 Å². The van der Waals surface area contributed by atoms with Crippen LogP contribution in [0, 0.1) is 48.5 Å². The molecule has 8 heteroatoms. The van der Waals surface area contributed by atoms with Crippen molar-refractivity contribution in [3.05, 3.63) is 432 Å². The summed E-state index contributed by atoms with van der Waals surface area (Å²) < 4.78 is 0. The number of hydrogen-bond acceptors (Lipinski definition) is 1. The molecule has 0 spiro atoms. The molecule has 0 saturated heterocycles. The van der Waals surface area contributed by atoms with Crippen LogP contribution in [-0.2, 0) is 52.4 Å². The molecule has 0 radical (unpaired) electrons. The van der Waals surface area contributed by atoms with Gasteiger partial charge in [-0.05, 0) is 48.9 Å². The summed E-state index contributed by atoms with van der Waals surface area (Å²) in [6.45, 7) is 44.8. The van der Waals surface area contributed by atoms with E-state index in [0.29, 0.717) is 0 Å². The van der Waals surface area contributed by atoms with Gasteiger partial charge in [0, 0.05) is 46.2 Å². The summed E-state index contributed by atoms with van der Waals surface area (Å²) in [4.78, 5) is 4.80. The standard InChI is InChI=1S/2C19H25N2P.7C7H7.2Zr/c2*1-5-20-18(21-19(2,3)4)22(16-12-8-6-9-13-16)17-14-10-7-11-15-17;7*1-7-5-3-2-4-6-7;;/h6-15H,5H2,1-4H3,(H,20,21);6-15,18H,5H2,1-4H3;7*2-6H,1H2;;/q;-2;7*-1;;+4. The molecule has 11 aromatic carbocycles. The van der Waals surface area contributed by atoms with Crippen LogP contribution in [-0.4, -0.2) is 35.7 Å². The molecule has 11 aromatic rings. The molecule has 0 bridgehead atoms. The monoisotopic (exact) mass is 1440 g/mol. The third-order valence-electron chi connectivity index (χ3n) is 12.1. The maximum atomic E-state index is 5.01. The van der Waals surface area contributed by atoms with Gasteiger partial charge in [0.25, 0.3) is 0 Å². The van der Waals surface area contributed by atoms with Crippen LogP contribution >= 0.6 is 15.8 Å². The predicted molar refractivity (Wildman–Crippen MR) is 416 cm³/mol. The molecule has 11 rings (SSSR count). The average Bonchev–Trinajstić information content (AvgIpc) is 0.952. The molecule has 0 saturated carbocycles. The summed E-state index contributed by atoms with van der Waals surface area (Å²) in [6.07, 6.45) is 0. The molecule has 4 nitrogen and oxygen atoms in total. The van der Waals surface area contributed by atoms with Crippen molar-refractivity contribution >= 4 is 42.6 Å². The van der Waals surface area contributed by atoms with Crippen LogP contribution in [0.5, 0.6) is 0 Å². The summed E-state index contributed by atoms with van der Waals surface area (Å²) in [5.41, 5.74) is 8.51. The van der Waals surface area contributed by atoms with Gasteiger partial charge in [-0.2, -0.15) is 179 Å². The molecule has 0 aromatic heterocycles. The Bertz CT molecular complexity index is 3060. The summed E-state index contributed by atoms with van der Waals surface area (Å²) in [7, 11) is -1.26. The first-order valence-electron chi connectivity index (χ1n) is 31.4. The number of hydrogen-bond donors (Lipinski definition) is 1. The van der Waals surface area contributed by atoms with Crippen LogP contribution in [0.1, 0.15) is 94.3 Å². The Morgan fingerprint density at radius 2 is 0.547 bits per heavy atom. The SMILES string of the molecule is CCN=C(NC(C)(C)C)P(c1ccccc1)c1ccccc1.CC[N-]C([N-]C(C)(C)C)P(c1ccccc1)c1ccccc1.[CH2-]c1ccccc1.[CH2-]c1ccccc1.[CH2-]c1ccccc1.[CH2-]c1ccccc1.[CH2-]c1ccccc1.[CH2-]c1ccccc1.[CH2-]c1ccccc1.[Zr+4].[Zr]. The zero-order valence-electron chi connectivity index (χ0n) is 57.4. The van der Waals surface area contributed by atoms with Crippen LogP contribution < -0.4 is 26.5 Å². The van der Waals surface area contributed by atoms with Crippen LogP contribution in [0.3, 0.4) is 0 Å². The molecule has 1 unspecified atom stereocenters. The zero-order valence-corrected chi connectivity index (χ0v) is 64.1. The third-order valence-corrected chi connectivity index (χ3v) is 16.8. The summed E-state index contributed by atoms with van der Waals surface area (Å²) in [5.74, 6) is 0.00444. The Balaban J connectivity index is 0.000000564. The second kappa shape index (κ2) is 51.8. The molecular formula is C87H99N4P2Zr2-5. The Kier molecular flexibility index (Phi) is 46.6. The van der Waals surface area contributed by atoms with Gasteiger partial charge < -0.3 is 16.0 Å². The van der Waals surface area contributed by atoms with E-state index < -0.39 is 15.8 Å². The first-order chi connectivity index (χ1) is 44.8. The third kappa shape index (κ3) is 42.6.